The summed E-state index contributed by atoms with van der Waals surface area (Å²) >= 11 is 6.15. The highest BCUT2D eigenvalue weighted by Gasteiger charge is 2.27. The third-order valence-electron chi connectivity index (χ3n) is 5.15. The molecule has 0 spiro atoms. The van der Waals surface area contributed by atoms with E-state index in [4.69, 9.17) is 16.6 Å². The van der Waals surface area contributed by atoms with Crippen molar-refractivity contribution < 1.29 is 4.79 Å². The number of fused-ring (bicyclic) bond motifs is 2. The minimum Gasteiger partial charge on any atom is -0.311 e. The molecule has 4 rings (SSSR count). The van der Waals surface area contributed by atoms with Gasteiger partial charge in [0.2, 0.25) is 5.91 Å². The second-order valence-electron chi connectivity index (χ2n) is 7.35. The molecule has 1 unspecified atom stereocenters. The first-order chi connectivity index (χ1) is 12.6. The highest BCUT2D eigenvalue weighted by molar-refractivity contribution is 6.31. The highest BCUT2D eigenvalue weighted by atomic mass is 35.5. The minimum absolute atomic E-state index is 0.0685. The van der Waals surface area contributed by atoms with Gasteiger partial charge in [-0.25, -0.2) is 0 Å². The first-order valence-electron chi connectivity index (χ1n) is 9.27. The summed E-state index contributed by atoms with van der Waals surface area (Å²) in [7, 11) is 0. The van der Waals surface area contributed by atoms with Crippen molar-refractivity contribution in [1.82, 2.24) is 10.2 Å². The van der Waals surface area contributed by atoms with E-state index in [2.05, 4.69) is 21.6 Å². The number of aliphatic imine (C=N–C) groups is 1. The molecule has 136 valence electrons. The normalized spacial score (nSPS) is 27.0. The molecule has 1 aromatic rings. The number of nitrogens with zero attached hydrogens (tertiary/aromatic N) is 2. The SMILES string of the molecule is C[C@H](C(=O)Nc1cc(C2CC2)n[nH]1)C1=CC2CC/C=C(Cl)\C=C/C(=N1)C2. The van der Waals surface area contributed by atoms with Crippen molar-refractivity contribution >= 4 is 29.0 Å². The van der Waals surface area contributed by atoms with Crippen molar-refractivity contribution in [3.8, 4) is 0 Å². The second kappa shape index (κ2) is 7.23. The molecule has 5 nitrogen and oxygen atoms in total. The Morgan fingerprint density at radius 3 is 3.00 bits per heavy atom. The minimum atomic E-state index is -0.321. The number of aromatic amines is 1. The van der Waals surface area contributed by atoms with Gasteiger partial charge in [0, 0.05) is 28.4 Å². The summed E-state index contributed by atoms with van der Waals surface area (Å²) in [6.07, 6.45) is 13.3. The third kappa shape index (κ3) is 3.98. The molecule has 0 saturated heterocycles. The summed E-state index contributed by atoms with van der Waals surface area (Å²) in [5, 5.41) is 10.9. The zero-order valence-corrected chi connectivity index (χ0v) is 15.6. The van der Waals surface area contributed by atoms with E-state index in [1.54, 1.807) is 0 Å². The molecule has 1 amide bonds. The van der Waals surface area contributed by atoms with Gasteiger partial charge in [-0.1, -0.05) is 23.8 Å². The van der Waals surface area contributed by atoms with Gasteiger partial charge < -0.3 is 5.32 Å². The molecule has 0 radical (unpaired) electrons. The van der Waals surface area contributed by atoms with Gasteiger partial charge >= 0.3 is 0 Å². The average molecular weight is 371 g/mol. The van der Waals surface area contributed by atoms with Crippen LogP contribution in [-0.2, 0) is 4.79 Å². The van der Waals surface area contributed by atoms with Gasteiger partial charge in [0.25, 0.3) is 0 Å². The molecule has 2 aliphatic carbocycles. The van der Waals surface area contributed by atoms with E-state index in [1.807, 2.05) is 31.2 Å². The zero-order chi connectivity index (χ0) is 18.1. The van der Waals surface area contributed by atoms with Crippen LogP contribution < -0.4 is 5.32 Å². The molecule has 1 aromatic heterocycles. The van der Waals surface area contributed by atoms with Crippen molar-refractivity contribution in [1.29, 1.82) is 0 Å². The Balaban J connectivity index is 1.47. The van der Waals surface area contributed by atoms with Crippen LogP contribution in [-0.4, -0.2) is 21.8 Å². The molecule has 3 aliphatic rings. The van der Waals surface area contributed by atoms with Crippen LogP contribution in [0.3, 0.4) is 0 Å². The molecule has 6 heteroatoms. The molecular formula is C20H23ClN4O. The van der Waals surface area contributed by atoms with E-state index < -0.39 is 0 Å². The summed E-state index contributed by atoms with van der Waals surface area (Å²) in [5.74, 6) is 1.23. The topological polar surface area (TPSA) is 70.1 Å². The van der Waals surface area contributed by atoms with Crippen molar-refractivity contribution in [3.63, 3.8) is 0 Å². The third-order valence-corrected chi connectivity index (χ3v) is 5.43. The van der Waals surface area contributed by atoms with Gasteiger partial charge in [-0.3, -0.25) is 14.9 Å². The van der Waals surface area contributed by atoms with Gasteiger partial charge in [0.15, 0.2) is 0 Å². The van der Waals surface area contributed by atoms with Crippen LogP contribution in [0.2, 0.25) is 0 Å². The number of halogens is 1. The van der Waals surface area contributed by atoms with Crippen LogP contribution in [0.15, 0.2) is 46.1 Å². The number of rotatable bonds is 4. The first kappa shape index (κ1) is 17.3. The van der Waals surface area contributed by atoms with E-state index in [1.165, 1.54) is 12.8 Å². The summed E-state index contributed by atoms with van der Waals surface area (Å²) in [6, 6.07) is 1.94. The number of H-pyrrole nitrogens is 1. The molecule has 1 aliphatic heterocycles. The van der Waals surface area contributed by atoms with Gasteiger partial charge in [-0.05, 0) is 57.1 Å². The zero-order valence-electron chi connectivity index (χ0n) is 14.8. The van der Waals surface area contributed by atoms with Gasteiger partial charge in [-0.15, -0.1) is 0 Å². The number of aromatic nitrogens is 2. The monoisotopic (exact) mass is 370 g/mol. The van der Waals surface area contributed by atoms with Crippen molar-refractivity contribution in [2.75, 3.05) is 5.32 Å². The largest absolute Gasteiger partial charge is 0.311 e. The molecule has 2 N–H and O–H groups in total. The molecule has 1 fully saturated rings. The Bertz CT molecular complexity index is 829. The van der Waals surface area contributed by atoms with Gasteiger partial charge in [0.05, 0.1) is 11.6 Å². The number of carbonyl (C=O) groups excluding carboxylic acids is 1. The van der Waals surface area contributed by atoms with E-state index in [0.717, 1.165) is 41.4 Å². The number of hydrogen-bond donors (Lipinski definition) is 2. The van der Waals surface area contributed by atoms with Crippen LogP contribution in [0.4, 0.5) is 5.82 Å². The molecular weight excluding hydrogens is 348 g/mol. The number of anilines is 1. The molecule has 26 heavy (non-hydrogen) atoms. The Labute approximate surface area is 158 Å². The van der Waals surface area contributed by atoms with Crippen molar-refractivity contribution in [2.24, 2.45) is 16.8 Å². The lowest BCUT2D eigenvalue weighted by molar-refractivity contribution is -0.118. The maximum Gasteiger partial charge on any atom is 0.234 e. The van der Waals surface area contributed by atoms with Crippen LogP contribution in [0.25, 0.3) is 0 Å². The Hall–Kier alpha value is -2.14. The number of hydrogen-bond acceptors (Lipinski definition) is 3. The fourth-order valence-corrected chi connectivity index (χ4v) is 3.57. The van der Waals surface area contributed by atoms with Crippen molar-refractivity contribution in [2.45, 2.75) is 44.9 Å². The van der Waals surface area contributed by atoms with E-state index in [0.29, 0.717) is 17.7 Å². The summed E-state index contributed by atoms with van der Waals surface area (Å²) in [6.45, 7) is 1.90. The predicted octanol–water partition coefficient (Wildman–Crippen LogP) is 4.68. The van der Waals surface area contributed by atoms with E-state index >= 15 is 0 Å². The summed E-state index contributed by atoms with van der Waals surface area (Å²) in [5.41, 5.74) is 2.86. The standard InChI is InChI=1S/C20H23ClN4O/c1-12(20(26)23-19-11-18(24-25-19)14-5-6-14)17-10-13-3-2-4-15(21)7-8-16(9-13)22-17/h4,7-8,10-14H,2-3,5-6,9H2,1H3,(H2,23,24,25,26)/b8-7-,15-4+/t12-,13?/m0/s1. The second-order valence-corrected chi connectivity index (χ2v) is 7.79. The Kier molecular flexibility index (Phi) is 4.81. The van der Waals surface area contributed by atoms with Crippen LogP contribution in [0, 0.1) is 11.8 Å². The number of carbonyl (C=O) groups is 1. The number of allylic oxidation sites excluding steroid dienone is 5. The van der Waals surface area contributed by atoms with Crippen LogP contribution in [0.5, 0.6) is 0 Å². The number of nitrogens with one attached hydrogen (secondary N) is 2. The number of amides is 1. The molecule has 0 aromatic carbocycles. The Morgan fingerprint density at radius 1 is 1.35 bits per heavy atom. The quantitative estimate of drug-likeness (QED) is 0.807. The van der Waals surface area contributed by atoms with Gasteiger partial charge in [0.1, 0.15) is 5.82 Å². The van der Waals surface area contributed by atoms with Crippen LogP contribution >= 0.6 is 11.6 Å². The molecule has 2 atom stereocenters. The maximum absolute atomic E-state index is 12.7. The fraction of sp³-hybridized carbons (Fsp3) is 0.450. The molecule has 1 saturated carbocycles. The molecule has 2 heterocycles. The highest BCUT2D eigenvalue weighted by Crippen LogP contribution is 2.39. The van der Waals surface area contributed by atoms with Gasteiger partial charge in [-0.2, -0.15) is 5.10 Å². The van der Waals surface area contributed by atoms with Crippen LogP contribution in [0.1, 0.15) is 50.6 Å². The lowest BCUT2D eigenvalue weighted by Gasteiger charge is -2.22. The van der Waals surface area contributed by atoms with Crippen molar-refractivity contribution in [3.05, 3.63) is 46.8 Å². The smallest absolute Gasteiger partial charge is 0.234 e. The lowest BCUT2D eigenvalue weighted by Crippen LogP contribution is -2.24. The lowest BCUT2D eigenvalue weighted by atomic mass is 9.90. The predicted molar refractivity (Wildman–Crippen MR) is 104 cm³/mol. The van der Waals surface area contributed by atoms with E-state index in [9.17, 15) is 4.79 Å². The summed E-state index contributed by atoms with van der Waals surface area (Å²) in [4.78, 5) is 17.4. The fourth-order valence-electron chi connectivity index (χ4n) is 3.39. The van der Waals surface area contributed by atoms with E-state index in [-0.39, 0.29) is 11.8 Å². The average Bonchev–Trinajstić information content (AvgIpc) is 3.37. The summed E-state index contributed by atoms with van der Waals surface area (Å²) < 4.78 is 0. The maximum atomic E-state index is 12.7. The molecule has 2 bridgehead atoms. The first-order valence-corrected chi connectivity index (χ1v) is 9.65. The Morgan fingerprint density at radius 2 is 2.19 bits per heavy atom.